The molecule has 0 saturated carbocycles. The van der Waals surface area contributed by atoms with Gasteiger partial charge in [0.25, 0.3) is 0 Å². The molecule has 0 atom stereocenters. The first-order chi connectivity index (χ1) is 8.84. The second kappa shape index (κ2) is 5.19. The number of halogens is 1. The molecule has 0 radical (unpaired) electrons. The van der Waals surface area contributed by atoms with Crippen molar-refractivity contribution < 1.29 is 0 Å². The number of aromatic nitrogens is 1. The molecule has 1 saturated heterocycles. The van der Waals surface area contributed by atoms with Crippen LogP contribution in [0.4, 0.5) is 5.69 Å². The average Bonchev–Trinajstić information content (AvgIpc) is 2.93. The summed E-state index contributed by atoms with van der Waals surface area (Å²) in [5.41, 5.74) is 2.53. The molecular weight excluding hydrogens is 288 g/mol. The summed E-state index contributed by atoms with van der Waals surface area (Å²) in [6.45, 7) is 2.36. The Morgan fingerprint density at radius 1 is 0.944 bits per heavy atom. The second-order valence-corrected chi connectivity index (χ2v) is 5.63. The quantitative estimate of drug-likeness (QED) is 0.806. The van der Waals surface area contributed by atoms with E-state index in [0.717, 1.165) is 0 Å². The normalized spacial score (nSPS) is 15.9. The first-order valence-corrected chi connectivity index (χ1v) is 7.32. The predicted molar refractivity (Wildman–Crippen MR) is 79.5 cm³/mol. The van der Waals surface area contributed by atoms with Gasteiger partial charge in [0, 0.05) is 35.6 Å². The highest BCUT2D eigenvalue weighted by Gasteiger charge is 2.13. The molecule has 2 heterocycles. The van der Waals surface area contributed by atoms with Gasteiger partial charge in [0.05, 0.1) is 5.69 Å². The van der Waals surface area contributed by atoms with E-state index in [4.69, 9.17) is 0 Å². The molecule has 2 nitrogen and oxygen atoms in total. The lowest BCUT2D eigenvalue weighted by molar-refractivity contribution is 0.577. The van der Waals surface area contributed by atoms with Crippen LogP contribution in [0.15, 0.2) is 47.2 Å². The van der Waals surface area contributed by atoms with Crippen molar-refractivity contribution in [2.75, 3.05) is 18.0 Å². The third kappa shape index (κ3) is 2.32. The van der Waals surface area contributed by atoms with Crippen molar-refractivity contribution in [3.63, 3.8) is 0 Å². The van der Waals surface area contributed by atoms with Crippen LogP contribution in [0.25, 0.3) is 5.69 Å². The van der Waals surface area contributed by atoms with Crippen LogP contribution in [0.1, 0.15) is 19.3 Å². The minimum atomic E-state index is 1.18. The van der Waals surface area contributed by atoms with Gasteiger partial charge in [-0.3, -0.25) is 0 Å². The summed E-state index contributed by atoms with van der Waals surface area (Å²) < 4.78 is 3.32. The zero-order valence-corrected chi connectivity index (χ0v) is 11.9. The van der Waals surface area contributed by atoms with Crippen molar-refractivity contribution >= 4 is 21.6 Å². The third-order valence-electron chi connectivity index (χ3n) is 3.53. The van der Waals surface area contributed by atoms with Crippen molar-refractivity contribution in [2.45, 2.75) is 19.3 Å². The van der Waals surface area contributed by atoms with Crippen LogP contribution < -0.4 is 4.90 Å². The van der Waals surface area contributed by atoms with Crippen LogP contribution in [-0.2, 0) is 0 Å². The van der Waals surface area contributed by atoms with Gasteiger partial charge in [0.15, 0.2) is 0 Å². The lowest BCUT2D eigenvalue weighted by atomic mass is 10.1. The second-order valence-electron chi connectivity index (χ2n) is 4.77. The average molecular weight is 305 g/mol. The van der Waals surface area contributed by atoms with E-state index in [9.17, 15) is 0 Å². The molecule has 0 bridgehead atoms. The molecule has 94 valence electrons. The molecule has 2 aromatic rings. The molecule has 3 rings (SSSR count). The standard InChI is InChI=1S/C15H17BrN2/c16-14-12-13(17-8-4-5-9-17)6-7-15(14)18-10-2-1-3-11-18/h4-9,12H,1-3,10-11H2. The number of piperidine rings is 1. The van der Waals surface area contributed by atoms with Crippen molar-refractivity contribution in [1.29, 1.82) is 0 Å². The maximum atomic E-state index is 3.71. The Balaban J connectivity index is 1.89. The molecule has 1 aromatic carbocycles. The van der Waals surface area contributed by atoms with Crippen LogP contribution in [0.5, 0.6) is 0 Å². The Hall–Kier alpha value is -1.22. The number of nitrogens with zero attached hydrogens (tertiary/aromatic N) is 2. The first kappa shape index (κ1) is 11.8. The molecule has 1 aromatic heterocycles. The van der Waals surface area contributed by atoms with E-state index in [-0.39, 0.29) is 0 Å². The Labute approximate surface area is 116 Å². The van der Waals surface area contributed by atoms with Gasteiger partial charge >= 0.3 is 0 Å². The highest BCUT2D eigenvalue weighted by molar-refractivity contribution is 9.10. The molecule has 18 heavy (non-hydrogen) atoms. The minimum absolute atomic E-state index is 1.18. The van der Waals surface area contributed by atoms with Crippen molar-refractivity contribution in [2.24, 2.45) is 0 Å². The van der Waals surface area contributed by atoms with Gasteiger partial charge in [-0.05, 0) is 65.5 Å². The Kier molecular flexibility index (Phi) is 3.41. The van der Waals surface area contributed by atoms with E-state index < -0.39 is 0 Å². The van der Waals surface area contributed by atoms with E-state index in [1.54, 1.807) is 0 Å². The number of anilines is 1. The van der Waals surface area contributed by atoms with Crippen LogP contribution in [-0.4, -0.2) is 17.7 Å². The summed E-state index contributed by atoms with van der Waals surface area (Å²) in [5.74, 6) is 0. The van der Waals surface area contributed by atoms with Crippen molar-refractivity contribution in [3.05, 3.63) is 47.2 Å². The molecule has 1 aliphatic rings. The number of rotatable bonds is 2. The van der Waals surface area contributed by atoms with E-state index >= 15 is 0 Å². The lowest BCUT2D eigenvalue weighted by Gasteiger charge is -2.29. The largest absolute Gasteiger partial charge is 0.371 e. The van der Waals surface area contributed by atoms with Gasteiger partial charge in [-0.25, -0.2) is 0 Å². The fraction of sp³-hybridized carbons (Fsp3) is 0.333. The molecule has 0 N–H and O–H groups in total. The zero-order valence-electron chi connectivity index (χ0n) is 10.3. The maximum absolute atomic E-state index is 3.71. The highest BCUT2D eigenvalue weighted by atomic mass is 79.9. The van der Waals surface area contributed by atoms with Gasteiger partial charge in [0.1, 0.15) is 0 Å². The van der Waals surface area contributed by atoms with Crippen LogP contribution in [0, 0.1) is 0 Å². The predicted octanol–water partition coefficient (Wildman–Crippen LogP) is 4.23. The smallest absolute Gasteiger partial charge is 0.0512 e. The summed E-state index contributed by atoms with van der Waals surface area (Å²) in [6, 6.07) is 10.7. The van der Waals surface area contributed by atoms with Crippen LogP contribution in [0.2, 0.25) is 0 Å². The molecule has 0 amide bonds. The van der Waals surface area contributed by atoms with Gasteiger partial charge in [-0.2, -0.15) is 0 Å². The molecular formula is C15H17BrN2. The van der Waals surface area contributed by atoms with Crippen molar-refractivity contribution in [1.82, 2.24) is 4.57 Å². The molecule has 1 fully saturated rings. The zero-order chi connectivity index (χ0) is 12.4. The Morgan fingerprint density at radius 2 is 1.67 bits per heavy atom. The fourth-order valence-electron chi connectivity index (χ4n) is 2.55. The highest BCUT2D eigenvalue weighted by Crippen LogP contribution is 2.30. The molecule has 0 unspecified atom stereocenters. The van der Waals surface area contributed by atoms with E-state index in [1.807, 2.05) is 12.1 Å². The number of hydrogen-bond donors (Lipinski definition) is 0. The van der Waals surface area contributed by atoms with Crippen LogP contribution >= 0.6 is 15.9 Å². The molecule has 1 aliphatic heterocycles. The molecule has 0 spiro atoms. The lowest BCUT2D eigenvalue weighted by Crippen LogP contribution is -2.29. The Morgan fingerprint density at radius 3 is 2.33 bits per heavy atom. The van der Waals surface area contributed by atoms with Gasteiger partial charge in [-0.15, -0.1) is 0 Å². The van der Waals surface area contributed by atoms with E-state index in [2.05, 4.69) is 56.0 Å². The van der Waals surface area contributed by atoms with Gasteiger partial charge in [0.2, 0.25) is 0 Å². The fourth-order valence-corrected chi connectivity index (χ4v) is 3.17. The molecule has 3 heteroatoms. The minimum Gasteiger partial charge on any atom is -0.371 e. The summed E-state index contributed by atoms with van der Waals surface area (Å²) in [4.78, 5) is 2.48. The van der Waals surface area contributed by atoms with E-state index in [0.29, 0.717) is 0 Å². The maximum Gasteiger partial charge on any atom is 0.0512 e. The Bertz CT molecular complexity index is 513. The SMILES string of the molecule is Brc1cc(-n2cccc2)ccc1N1CCCCC1. The third-order valence-corrected chi connectivity index (χ3v) is 4.17. The summed E-state index contributed by atoms with van der Waals surface area (Å²) in [7, 11) is 0. The number of hydrogen-bond acceptors (Lipinski definition) is 1. The summed E-state index contributed by atoms with van der Waals surface area (Å²) in [5, 5.41) is 0. The van der Waals surface area contributed by atoms with Crippen molar-refractivity contribution in [3.8, 4) is 5.69 Å². The summed E-state index contributed by atoms with van der Waals surface area (Å²) in [6.07, 6.45) is 8.14. The molecule has 0 aliphatic carbocycles. The first-order valence-electron chi connectivity index (χ1n) is 6.52. The summed E-state index contributed by atoms with van der Waals surface area (Å²) >= 11 is 3.71. The van der Waals surface area contributed by atoms with E-state index in [1.165, 1.54) is 48.2 Å². The monoisotopic (exact) mass is 304 g/mol. The topological polar surface area (TPSA) is 8.17 Å². The van der Waals surface area contributed by atoms with Gasteiger partial charge in [-0.1, -0.05) is 0 Å². The van der Waals surface area contributed by atoms with Crippen LogP contribution in [0.3, 0.4) is 0 Å². The number of benzene rings is 1. The van der Waals surface area contributed by atoms with Gasteiger partial charge < -0.3 is 9.47 Å².